The monoisotopic (exact) mass is 275 g/mol. The van der Waals surface area contributed by atoms with Gasteiger partial charge < -0.3 is 5.11 Å². The Morgan fingerprint density at radius 1 is 1.32 bits per heavy atom. The fourth-order valence-electron chi connectivity index (χ4n) is 3.30. The van der Waals surface area contributed by atoms with E-state index >= 15 is 0 Å². The third kappa shape index (κ3) is 1.86. The van der Waals surface area contributed by atoms with E-state index in [1.165, 1.54) is 11.5 Å². The van der Waals surface area contributed by atoms with E-state index in [2.05, 4.69) is 4.37 Å². The van der Waals surface area contributed by atoms with E-state index in [1.54, 1.807) is 0 Å². The summed E-state index contributed by atoms with van der Waals surface area (Å²) in [4.78, 5) is 11.9. The number of rotatable bonds is 2. The van der Waals surface area contributed by atoms with Crippen molar-refractivity contribution in [1.82, 2.24) is 4.37 Å². The van der Waals surface area contributed by atoms with Gasteiger partial charge in [-0.3, -0.25) is 4.79 Å². The Bertz CT molecular complexity index is 626. The molecule has 3 nitrogen and oxygen atoms in total. The maximum Gasteiger partial charge on any atom is 0.314 e. The first-order valence-electron chi connectivity index (χ1n) is 6.74. The molecule has 0 bridgehead atoms. The van der Waals surface area contributed by atoms with Crippen molar-refractivity contribution < 1.29 is 9.90 Å². The van der Waals surface area contributed by atoms with Crippen LogP contribution in [-0.4, -0.2) is 15.4 Å². The van der Waals surface area contributed by atoms with Crippen LogP contribution in [0.4, 0.5) is 0 Å². The molecular weight excluding hydrogens is 258 g/mol. The van der Waals surface area contributed by atoms with Crippen LogP contribution in [0.5, 0.6) is 0 Å². The second-order valence-corrected chi connectivity index (χ2v) is 6.20. The lowest BCUT2D eigenvalue weighted by atomic mass is 9.68. The minimum absolute atomic E-state index is 0.676. The predicted molar refractivity (Wildman–Crippen MR) is 76.8 cm³/mol. The number of hydrogen-bond acceptors (Lipinski definition) is 3. The molecule has 1 aliphatic carbocycles. The molecule has 0 saturated heterocycles. The highest BCUT2D eigenvalue weighted by Crippen LogP contribution is 2.43. The summed E-state index contributed by atoms with van der Waals surface area (Å²) in [6.07, 6.45) is 4.64. The summed E-state index contributed by atoms with van der Waals surface area (Å²) in [5.41, 5.74) is 1.23. The van der Waals surface area contributed by atoms with Crippen molar-refractivity contribution in [2.24, 2.45) is 0 Å². The number of aliphatic carboxylic acids is 1. The minimum Gasteiger partial charge on any atom is -0.481 e. The average Bonchev–Trinajstić information content (AvgIpc) is 2.81. The molecule has 1 saturated carbocycles. The van der Waals surface area contributed by atoms with Crippen LogP contribution in [0.2, 0.25) is 0 Å². The minimum atomic E-state index is -0.703. The van der Waals surface area contributed by atoms with E-state index in [-0.39, 0.29) is 0 Å². The predicted octanol–water partition coefficient (Wildman–Crippen LogP) is 3.89. The molecule has 19 heavy (non-hydrogen) atoms. The zero-order valence-corrected chi connectivity index (χ0v) is 11.8. The van der Waals surface area contributed by atoms with Crippen molar-refractivity contribution in [2.75, 3.05) is 0 Å². The fourth-order valence-corrected chi connectivity index (χ4v) is 4.11. The topological polar surface area (TPSA) is 50.2 Å². The van der Waals surface area contributed by atoms with Crippen molar-refractivity contribution in [2.45, 2.75) is 44.4 Å². The molecule has 0 unspecified atom stereocenters. The number of aromatic nitrogens is 1. The largest absolute Gasteiger partial charge is 0.481 e. The molecule has 0 amide bonds. The lowest BCUT2D eigenvalue weighted by Crippen LogP contribution is -2.38. The molecule has 1 aromatic carbocycles. The summed E-state index contributed by atoms with van der Waals surface area (Å²) in [5.74, 6) is -0.676. The van der Waals surface area contributed by atoms with Crippen LogP contribution in [-0.2, 0) is 10.2 Å². The van der Waals surface area contributed by atoms with Gasteiger partial charge in [0.1, 0.15) is 0 Å². The summed E-state index contributed by atoms with van der Waals surface area (Å²) in [7, 11) is 0. The number of nitrogens with zero attached hydrogens (tertiary/aromatic N) is 1. The maximum absolute atomic E-state index is 11.9. The van der Waals surface area contributed by atoms with Gasteiger partial charge in [0.25, 0.3) is 0 Å². The molecular formula is C15H17NO2S. The molecule has 2 aromatic rings. The van der Waals surface area contributed by atoms with Crippen LogP contribution >= 0.6 is 11.5 Å². The van der Waals surface area contributed by atoms with Crippen LogP contribution in [0.1, 0.15) is 43.4 Å². The van der Waals surface area contributed by atoms with E-state index in [1.807, 2.05) is 25.1 Å². The van der Waals surface area contributed by atoms with E-state index < -0.39 is 11.4 Å². The van der Waals surface area contributed by atoms with Gasteiger partial charge in [0.05, 0.1) is 15.8 Å². The van der Waals surface area contributed by atoms with Crippen LogP contribution in [0.25, 0.3) is 10.1 Å². The quantitative estimate of drug-likeness (QED) is 0.904. The number of aryl methyl sites for hydroxylation is 1. The summed E-state index contributed by atoms with van der Waals surface area (Å²) in [6, 6.07) is 5.99. The van der Waals surface area contributed by atoms with Gasteiger partial charge in [0, 0.05) is 5.39 Å². The number of fused-ring (bicyclic) bond motifs is 1. The molecule has 1 fully saturated rings. The van der Waals surface area contributed by atoms with Gasteiger partial charge in [0.15, 0.2) is 0 Å². The lowest BCUT2D eigenvalue weighted by Gasteiger charge is -2.34. The molecule has 0 radical (unpaired) electrons. The van der Waals surface area contributed by atoms with Gasteiger partial charge in [-0.05, 0) is 42.9 Å². The molecule has 0 spiro atoms. The first kappa shape index (κ1) is 12.6. The molecule has 1 aliphatic rings. The number of carboxylic acid groups (broad SMARTS) is 1. The summed E-state index contributed by atoms with van der Waals surface area (Å²) >= 11 is 1.46. The fraction of sp³-hybridized carbons (Fsp3) is 0.467. The van der Waals surface area contributed by atoms with Crippen molar-refractivity contribution in [3.8, 4) is 0 Å². The highest BCUT2D eigenvalue weighted by Gasteiger charge is 2.42. The Kier molecular flexibility index (Phi) is 3.05. The van der Waals surface area contributed by atoms with Gasteiger partial charge in [-0.1, -0.05) is 31.4 Å². The number of carbonyl (C=O) groups is 1. The molecule has 1 N–H and O–H groups in total. The van der Waals surface area contributed by atoms with Crippen molar-refractivity contribution in [3.05, 3.63) is 29.5 Å². The third-order valence-electron chi connectivity index (χ3n) is 4.30. The third-order valence-corrected chi connectivity index (χ3v) is 5.20. The molecule has 0 aliphatic heterocycles. The van der Waals surface area contributed by atoms with Gasteiger partial charge in [-0.15, -0.1) is 0 Å². The van der Waals surface area contributed by atoms with E-state index in [9.17, 15) is 9.90 Å². The zero-order valence-electron chi connectivity index (χ0n) is 11.0. The molecule has 1 heterocycles. The summed E-state index contributed by atoms with van der Waals surface area (Å²) < 4.78 is 5.49. The van der Waals surface area contributed by atoms with Crippen LogP contribution in [0, 0.1) is 6.92 Å². The van der Waals surface area contributed by atoms with Crippen LogP contribution in [0.15, 0.2) is 18.2 Å². The van der Waals surface area contributed by atoms with Crippen LogP contribution in [0.3, 0.4) is 0 Å². The normalized spacial score (nSPS) is 18.6. The van der Waals surface area contributed by atoms with Gasteiger partial charge in [0.2, 0.25) is 0 Å². The second-order valence-electron chi connectivity index (χ2n) is 5.39. The standard InChI is InChI=1S/C15H17NO2S/c1-10-13-11(6-5-7-12(13)19-16-10)15(14(17)18)8-3-2-4-9-15/h5-7H,2-4,8-9H2,1H3,(H,17,18). The van der Waals surface area contributed by atoms with Crippen molar-refractivity contribution in [1.29, 1.82) is 0 Å². The molecule has 3 rings (SSSR count). The van der Waals surface area contributed by atoms with Crippen LogP contribution < -0.4 is 0 Å². The summed E-state index contributed by atoms with van der Waals surface area (Å²) in [6.45, 7) is 1.97. The second kappa shape index (κ2) is 4.60. The lowest BCUT2D eigenvalue weighted by molar-refractivity contribution is -0.145. The van der Waals surface area contributed by atoms with Crippen molar-refractivity contribution in [3.63, 3.8) is 0 Å². The molecule has 1 aromatic heterocycles. The van der Waals surface area contributed by atoms with Crippen molar-refractivity contribution >= 4 is 27.6 Å². The Hall–Kier alpha value is -1.42. The molecule has 4 heteroatoms. The first-order chi connectivity index (χ1) is 9.15. The summed E-state index contributed by atoms with van der Waals surface area (Å²) in [5, 5.41) is 10.9. The van der Waals surface area contributed by atoms with Gasteiger partial charge in [-0.25, -0.2) is 0 Å². The van der Waals surface area contributed by atoms with E-state index in [4.69, 9.17) is 0 Å². The van der Waals surface area contributed by atoms with E-state index in [0.29, 0.717) is 0 Å². The highest BCUT2D eigenvalue weighted by atomic mass is 32.1. The number of carboxylic acids is 1. The Morgan fingerprint density at radius 3 is 2.74 bits per heavy atom. The Morgan fingerprint density at radius 2 is 2.05 bits per heavy atom. The SMILES string of the molecule is Cc1nsc2cccc(C3(C(=O)O)CCCCC3)c12. The Labute approximate surface area is 116 Å². The molecule has 0 atom stereocenters. The highest BCUT2D eigenvalue weighted by molar-refractivity contribution is 7.13. The number of hydrogen-bond donors (Lipinski definition) is 1. The number of benzene rings is 1. The Balaban J connectivity index is 2.26. The zero-order chi connectivity index (χ0) is 13.5. The maximum atomic E-state index is 11.9. The molecule has 100 valence electrons. The first-order valence-corrected chi connectivity index (χ1v) is 7.51. The van der Waals surface area contributed by atoms with E-state index in [0.717, 1.165) is 53.4 Å². The smallest absolute Gasteiger partial charge is 0.314 e. The van der Waals surface area contributed by atoms with Gasteiger partial charge >= 0.3 is 5.97 Å². The van der Waals surface area contributed by atoms with Gasteiger partial charge in [-0.2, -0.15) is 4.37 Å². The average molecular weight is 275 g/mol.